The predicted octanol–water partition coefficient (Wildman–Crippen LogP) is 1.59. The van der Waals surface area contributed by atoms with Gasteiger partial charge in [-0.2, -0.15) is 0 Å². The molecule has 2 atom stereocenters. The summed E-state index contributed by atoms with van der Waals surface area (Å²) in [5.74, 6) is 0.0384. The molecule has 2 aliphatic rings. The van der Waals surface area contributed by atoms with Gasteiger partial charge in [-0.15, -0.1) is 0 Å². The summed E-state index contributed by atoms with van der Waals surface area (Å²) >= 11 is 0. The van der Waals surface area contributed by atoms with Crippen LogP contribution in [0.2, 0.25) is 0 Å². The van der Waals surface area contributed by atoms with Gasteiger partial charge in [-0.25, -0.2) is 0 Å². The normalized spacial score (nSPS) is 25.3. The number of rotatable bonds is 3. The number of carbonyl (C=O) groups excluding carboxylic acids is 1. The summed E-state index contributed by atoms with van der Waals surface area (Å²) in [5.41, 5.74) is 3.31. The Hall–Kier alpha value is -1.39. The maximum absolute atomic E-state index is 12.2. The molecule has 4 heteroatoms. The van der Waals surface area contributed by atoms with Crippen molar-refractivity contribution < 1.29 is 9.53 Å². The van der Waals surface area contributed by atoms with E-state index in [9.17, 15) is 4.79 Å². The molecule has 0 bridgehead atoms. The first kappa shape index (κ1) is 12.6. The van der Waals surface area contributed by atoms with E-state index in [1.165, 1.54) is 11.1 Å². The molecule has 0 spiro atoms. The van der Waals surface area contributed by atoms with Crippen molar-refractivity contribution in [3.05, 3.63) is 34.9 Å². The average Bonchev–Trinajstić information content (AvgIpc) is 3.05. The van der Waals surface area contributed by atoms with Gasteiger partial charge in [-0.05, 0) is 42.5 Å². The minimum absolute atomic E-state index is 0.0384. The van der Waals surface area contributed by atoms with Crippen molar-refractivity contribution in [3.8, 4) is 0 Å². The fraction of sp³-hybridized carbons (Fsp3) is 0.533. The molecule has 1 fully saturated rings. The fourth-order valence-electron chi connectivity index (χ4n) is 2.99. The molecule has 1 saturated carbocycles. The molecule has 1 amide bonds. The highest BCUT2D eigenvalue weighted by Gasteiger charge is 2.26. The van der Waals surface area contributed by atoms with Crippen molar-refractivity contribution in [1.82, 2.24) is 10.6 Å². The highest BCUT2D eigenvalue weighted by atomic mass is 16.5. The number of hydrogen-bond donors (Lipinski definition) is 2. The van der Waals surface area contributed by atoms with Crippen LogP contribution in [0.1, 0.15) is 40.7 Å². The van der Waals surface area contributed by atoms with Crippen LogP contribution in [0, 0.1) is 0 Å². The standard InChI is InChI=1S/C15H20N2O2/c1-19-14-5-4-13(7-14)17-15(18)10-2-3-11-8-16-9-12(11)6-10/h2-3,6,13-14,16H,4-5,7-9H2,1H3,(H,17,18). The molecule has 1 aliphatic carbocycles. The average molecular weight is 260 g/mol. The lowest BCUT2D eigenvalue weighted by Gasteiger charge is -2.13. The van der Waals surface area contributed by atoms with Gasteiger partial charge < -0.3 is 15.4 Å². The van der Waals surface area contributed by atoms with E-state index >= 15 is 0 Å². The Morgan fingerprint density at radius 2 is 2.16 bits per heavy atom. The van der Waals surface area contributed by atoms with Gasteiger partial charge in [0.15, 0.2) is 0 Å². The van der Waals surface area contributed by atoms with Crippen LogP contribution >= 0.6 is 0 Å². The van der Waals surface area contributed by atoms with Crippen LogP contribution in [0.15, 0.2) is 18.2 Å². The second-order valence-corrected chi connectivity index (χ2v) is 5.43. The van der Waals surface area contributed by atoms with Crippen molar-refractivity contribution >= 4 is 5.91 Å². The summed E-state index contributed by atoms with van der Waals surface area (Å²) in [5, 5.41) is 6.40. The van der Waals surface area contributed by atoms with E-state index in [1.807, 2.05) is 12.1 Å². The lowest BCUT2D eigenvalue weighted by atomic mass is 10.1. The summed E-state index contributed by atoms with van der Waals surface area (Å²) in [7, 11) is 1.74. The molecule has 102 valence electrons. The SMILES string of the molecule is COC1CCC(NC(=O)c2ccc3c(c2)CNC3)C1. The van der Waals surface area contributed by atoms with Gasteiger partial charge in [0.1, 0.15) is 0 Å². The highest BCUT2D eigenvalue weighted by Crippen LogP contribution is 2.22. The van der Waals surface area contributed by atoms with Crippen LogP contribution in [0.4, 0.5) is 0 Å². The Kier molecular flexibility index (Phi) is 3.53. The Balaban J connectivity index is 1.64. The number of fused-ring (bicyclic) bond motifs is 1. The van der Waals surface area contributed by atoms with Crippen LogP contribution in [-0.4, -0.2) is 25.2 Å². The quantitative estimate of drug-likeness (QED) is 0.867. The largest absolute Gasteiger partial charge is 0.381 e. The highest BCUT2D eigenvalue weighted by molar-refractivity contribution is 5.94. The minimum Gasteiger partial charge on any atom is -0.381 e. The van der Waals surface area contributed by atoms with E-state index in [0.717, 1.165) is 37.9 Å². The van der Waals surface area contributed by atoms with E-state index in [4.69, 9.17) is 4.74 Å². The molecule has 4 nitrogen and oxygen atoms in total. The molecule has 1 aliphatic heterocycles. The third-order valence-corrected chi connectivity index (χ3v) is 4.15. The Bertz CT molecular complexity index is 487. The molecule has 2 unspecified atom stereocenters. The van der Waals surface area contributed by atoms with E-state index in [0.29, 0.717) is 6.10 Å². The van der Waals surface area contributed by atoms with Gasteiger partial charge in [0.05, 0.1) is 6.10 Å². The summed E-state index contributed by atoms with van der Waals surface area (Å²) < 4.78 is 5.33. The van der Waals surface area contributed by atoms with E-state index < -0.39 is 0 Å². The molecule has 1 heterocycles. The van der Waals surface area contributed by atoms with Crippen LogP contribution < -0.4 is 10.6 Å². The topological polar surface area (TPSA) is 50.4 Å². The van der Waals surface area contributed by atoms with Crippen molar-refractivity contribution in [2.45, 2.75) is 44.5 Å². The van der Waals surface area contributed by atoms with Crippen molar-refractivity contribution in [3.63, 3.8) is 0 Å². The lowest BCUT2D eigenvalue weighted by molar-refractivity contribution is 0.0915. The fourth-order valence-corrected chi connectivity index (χ4v) is 2.99. The maximum atomic E-state index is 12.2. The summed E-state index contributed by atoms with van der Waals surface area (Å²) in [6.45, 7) is 1.78. The molecule has 1 aromatic carbocycles. The second-order valence-electron chi connectivity index (χ2n) is 5.43. The van der Waals surface area contributed by atoms with Gasteiger partial charge in [0.2, 0.25) is 0 Å². The monoisotopic (exact) mass is 260 g/mol. The van der Waals surface area contributed by atoms with Crippen molar-refractivity contribution in [2.75, 3.05) is 7.11 Å². The summed E-state index contributed by atoms with van der Waals surface area (Å²) in [6.07, 6.45) is 3.27. The Labute approximate surface area is 113 Å². The molecule has 3 rings (SSSR count). The zero-order valence-electron chi connectivity index (χ0n) is 11.2. The first-order valence-electron chi connectivity index (χ1n) is 6.92. The molecule has 0 aromatic heterocycles. The molecule has 0 radical (unpaired) electrons. The third-order valence-electron chi connectivity index (χ3n) is 4.15. The van der Waals surface area contributed by atoms with Crippen molar-refractivity contribution in [1.29, 1.82) is 0 Å². The minimum atomic E-state index is 0.0384. The maximum Gasteiger partial charge on any atom is 0.251 e. The molecule has 19 heavy (non-hydrogen) atoms. The smallest absolute Gasteiger partial charge is 0.251 e. The number of amides is 1. The van der Waals surface area contributed by atoms with Gasteiger partial charge in [0.25, 0.3) is 5.91 Å². The Morgan fingerprint density at radius 1 is 1.32 bits per heavy atom. The molecular formula is C15H20N2O2. The van der Waals surface area contributed by atoms with Gasteiger partial charge >= 0.3 is 0 Å². The summed E-state index contributed by atoms with van der Waals surface area (Å²) in [4.78, 5) is 12.2. The van der Waals surface area contributed by atoms with Crippen LogP contribution in [0.5, 0.6) is 0 Å². The number of carbonyl (C=O) groups is 1. The summed E-state index contributed by atoms with van der Waals surface area (Å²) in [6, 6.07) is 6.23. The molecule has 1 aromatic rings. The van der Waals surface area contributed by atoms with Crippen molar-refractivity contribution in [2.24, 2.45) is 0 Å². The van der Waals surface area contributed by atoms with Crippen LogP contribution in [0.25, 0.3) is 0 Å². The molecule has 2 N–H and O–H groups in total. The van der Waals surface area contributed by atoms with Gasteiger partial charge in [-0.3, -0.25) is 4.79 Å². The van der Waals surface area contributed by atoms with E-state index in [2.05, 4.69) is 16.7 Å². The predicted molar refractivity (Wildman–Crippen MR) is 72.9 cm³/mol. The van der Waals surface area contributed by atoms with Crippen LogP contribution in [-0.2, 0) is 17.8 Å². The number of methoxy groups -OCH3 is 1. The van der Waals surface area contributed by atoms with Crippen LogP contribution in [0.3, 0.4) is 0 Å². The zero-order chi connectivity index (χ0) is 13.2. The van der Waals surface area contributed by atoms with Gasteiger partial charge in [-0.1, -0.05) is 6.07 Å². The lowest BCUT2D eigenvalue weighted by Crippen LogP contribution is -2.33. The van der Waals surface area contributed by atoms with E-state index in [-0.39, 0.29) is 11.9 Å². The molecule has 0 saturated heterocycles. The first-order chi connectivity index (χ1) is 9.26. The molecular weight excluding hydrogens is 240 g/mol. The third kappa shape index (κ3) is 2.65. The Morgan fingerprint density at radius 3 is 2.95 bits per heavy atom. The number of hydrogen-bond acceptors (Lipinski definition) is 3. The number of ether oxygens (including phenoxy) is 1. The number of benzene rings is 1. The first-order valence-corrected chi connectivity index (χ1v) is 6.92. The number of nitrogens with one attached hydrogen (secondary N) is 2. The second kappa shape index (κ2) is 5.31. The van der Waals surface area contributed by atoms with Gasteiger partial charge in [0, 0.05) is 31.8 Å². The zero-order valence-corrected chi connectivity index (χ0v) is 11.2. The van der Waals surface area contributed by atoms with E-state index in [1.54, 1.807) is 7.11 Å².